The van der Waals surface area contributed by atoms with Crippen molar-refractivity contribution in [1.29, 1.82) is 0 Å². The molecule has 1 saturated carbocycles. The fourth-order valence-corrected chi connectivity index (χ4v) is 1.52. The normalized spacial score (nSPS) is 15.5. The Bertz CT molecular complexity index is 408. The number of rotatable bonds is 4. The minimum absolute atomic E-state index is 0.0129. The highest BCUT2D eigenvalue weighted by Crippen LogP contribution is 2.23. The first kappa shape index (κ1) is 10.2. The third-order valence-electron chi connectivity index (χ3n) is 2.69. The van der Waals surface area contributed by atoms with E-state index in [2.05, 4.69) is 0 Å². The summed E-state index contributed by atoms with van der Waals surface area (Å²) >= 11 is 0. The van der Waals surface area contributed by atoms with Gasteiger partial charge in [0.05, 0.1) is 18.4 Å². The Labute approximate surface area is 88.7 Å². The topological polar surface area (TPSA) is 57.2 Å². The first-order chi connectivity index (χ1) is 7.18. The highest BCUT2D eigenvalue weighted by atomic mass is 16.5. The average Bonchev–Trinajstić information content (AvgIpc) is 3.01. The number of hydrogen-bond acceptors (Lipinski definition) is 3. The van der Waals surface area contributed by atoms with Gasteiger partial charge < -0.3 is 15.0 Å². The Morgan fingerprint density at radius 2 is 2.27 bits per heavy atom. The lowest BCUT2D eigenvalue weighted by atomic mass is 10.3. The van der Waals surface area contributed by atoms with Crippen LogP contribution in [-0.2, 0) is 11.3 Å². The molecule has 1 fully saturated rings. The van der Waals surface area contributed by atoms with Gasteiger partial charge in [0.15, 0.2) is 0 Å². The van der Waals surface area contributed by atoms with Gasteiger partial charge in [0, 0.05) is 18.3 Å². The maximum absolute atomic E-state index is 11.5. The molecule has 0 saturated heterocycles. The maximum Gasteiger partial charge on any atom is 0.250 e. The van der Waals surface area contributed by atoms with Crippen LogP contribution < -0.4 is 11.3 Å². The van der Waals surface area contributed by atoms with Gasteiger partial charge in [0.1, 0.15) is 0 Å². The Morgan fingerprint density at radius 1 is 1.53 bits per heavy atom. The van der Waals surface area contributed by atoms with Crippen LogP contribution in [0.1, 0.15) is 18.5 Å². The van der Waals surface area contributed by atoms with E-state index >= 15 is 0 Å². The summed E-state index contributed by atoms with van der Waals surface area (Å²) in [5.41, 5.74) is 7.19. The zero-order valence-electron chi connectivity index (χ0n) is 8.90. The van der Waals surface area contributed by atoms with E-state index in [9.17, 15) is 4.79 Å². The molecule has 15 heavy (non-hydrogen) atoms. The fourth-order valence-electron chi connectivity index (χ4n) is 1.52. The molecule has 1 aromatic rings. The highest BCUT2D eigenvalue weighted by molar-refractivity contribution is 5.41. The van der Waals surface area contributed by atoms with Crippen molar-refractivity contribution in [2.75, 3.05) is 12.3 Å². The molecule has 4 nitrogen and oxygen atoms in total. The van der Waals surface area contributed by atoms with Crippen molar-refractivity contribution >= 4 is 5.69 Å². The third kappa shape index (κ3) is 2.39. The zero-order chi connectivity index (χ0) is 10.8. The molecule has 0 unspecified atom stereocenters. The van der Waals surface area contributed by atoms with Crippen molar-refractivity contribution in [2.45, 2.75) is 32.4 Å². The van der Waals surface area contributed by atoms with Gasteiger partial charge in [-0.15, -0.1) is 0 Å². The van der Waals surface area contributed by atoms with E-state index in [1.54, 1.807) is 10.6 Å². The van der Waals surface area contributed by atoms with Gasteiger partial charge in [0.2, 0.25) is 0 Å². The van der Waals surface area contributed by atoms with Crippen molar-refractivity contribution in [1.82, 2.24) is 4.57 Å². The largest absolute Gasteiger partial charge is 0.397 e. The van der Waals surface area contributed by atoms with Crippen LogP contribution in [0.2, 0.25) is 0 Å². The number of nitrogens with two attached hydrogens (primary N) is 1. The number of hydrogen-bond donors (Lipinski definition) is 1. The summed E-state index contributed by atoms with van der Waals surface area (Å²) in [6.07, 6.45) is 2.75. The molecular weight excluding hydrogens is 192 g/mol. The van der Waals surface area contributed by atoms with Crippen LogP contribution in [0, 0.1) is 6.92 Å². The lowest BCUT2D eigenvalue weighted by molar-refractivity contribution is 0.111. The van der Waals surface area contributed by atoms with Crippen LogP contribution >= 0.6 is 0 Å². The molecule has 2 N–H and O–H groups in total. The van der Waals surface area contributed by atoms with Crippen molar-refractivity contribution in [2.24, 2.45) is 0 Å². The highest BCUT2D eigenvalue weighted by Gasteiger charge is 2.21. The Hall–Kier alpha value is -1.29. The van der Waals surface area contributed by atoms with Crippen LogP contribution in [0.4, 0.5) is 5.69 Å². The predicted octanol–water partition coefficient (Wildman–Crippen LogP) is 0.918. The summed E-state index contributed by atoms with van der Waals surface area (Å²) < 4.78 is 7.17. The molecule has 0 atom stereocenters. The van der Waals surface area contributed by atoms with Crippen LogP contribution in [0.15, 0.2) is 16.9 Å². The lowest BCUT2D eigenvalue weighted by Gasteiger charge is -2.11. The Kier molecular flexibility index (Phi) is 2.77. The molecule has 0 bridgehead atoms. The number of pyridine rings is 1. The Balaban J connectivity index is 2.04. The van der Waals surface area contributed by atoms with E-state index in [0.717, 1.165) is 18.5 Å². The molecule has 1 aromatic heterocycles. The van der Waals surface area contributed by atoms with E-state index in [4.69, 9.17) is 10.5 Å². The smallest absolute Gasteiger partial charge is 0.250 e. The molecule has 0 aliphatic heterocycles. The summed E-state index contributed by atoms with van der Waals surface area (Å²) in [6, 6.07) is 3.15. The molecule has 1 heterocycles. The van der Waals surface area contributed by atoms with Gasteiger partial charge in [-0.25, -0.2) is 0 Å². The third-order valence-corrected chi connectivity index (χ3v) is 2.69. The van der Waals surface area contributed by atoms with Crippen molar-refractivity contribution in [3.05, 3.63) is 28.2 Å². The van der Waals surface area contributed by atoms with Gasteiger partial charge in [-0.3, -0.25) is 4.79 Å². The van der Waals surface area contributed by atoms with Gasteiger partial charge in [-0.1, -0.05) is 0 Å². The van der Waals surface area contributed by atoms with Crippen LogP contribution in [0.3, 0.4) is 0 Å². The first-order valence-electron chi connectivity index (χ1n) is 5.26. The van der Waals surface area contributed by atoms with Crippen molar-refractivity contribution in [3.63, 3.8) is 0 Å². The van der Waals surface area contributed by atoms with Crippen molar-refractivity contribution < 1.29 is 4.74 Å². The van der Waals surface area contributed by atoms with Gasteiger partial charge in [0.25, 0.3) is 5.56 Å². The standard InChI is InChI=1S/C11H16N2O2/c1-8-10(12)4-5-11(14)13(8)6-7-15-9-2-3-9/h4-5,9H,2-3,6-7,12H2,1H3. The van der Waals surface area contributed by atoms with Crippen LogP contribution in [0.5, 0.6) is 0 Å². The molecule has 0 spiro atoms. The fraction of sp³-hybridized carbons (Fsp3) is 0.545. The SMILES string of the molecule is Cc1c(N)ccc(=O)n1CCOC1CC1. The number of aromatic nitrogens is 1. The zero-order valence-corrected chi connectivity index (χ0v) is 8.90. The molecule has 82 valence electrons. The molecule has 0 amide bonds. The maximum atomic E-state index is 11.5. The van der Waals surface area contributed by atoms with E-state index in [1.807, 2.05) is 6.92 Å². The molecular formula is C11H16N2O2. The molecule has 0 radical (unpaired) electrons. The van der Waals surface area contributed by atoms with Crippen LogP contribution in [0.25, 0.3) is 0 Å². The summed E-state index contributed by atoms with van der Waals surface area (Å²) in [4.78, 5) is 11.5. The second kappa shape index (κ2) is 4.06. The van der Waals surface area contributed by atoms with E-state index in [0.29, 0.717) is 24.9 Å². The quantitative estimate of drug-likeness (QED) is 0.800. The summed E-state index contributed by atoms with van der Waals surface area (Å²) in [6.45, 7) is 3.04. The first-order valence-corrected chi connectivity index (χ1v) is 5.26. The number of anilines is 1. The minimum atomic E-state index is -0.0129. The molecule has 0 aromatic carbocycles. The second-order valence-corrected chi connectivity index (χ2v) is 3.93. The summed E-state index contributed by atoms with van der Waals surface area (Å²) in [5, 5.41) is 0. The number of nitrogens with zero attached hydrogens (tertiary/aromatic N) is 1. The second-order valence-electron chi connectivity index (χ2n) is 3.93. The number of nitrogen functional groups attached to an aromatic ring is 1. The molecule has 1 aliphatic rings. The predicted molar refractivity (Wildman–Crippen MR) is 58.8 cm³/mol. The average molecular weight is 208 g/mol. The molecule has 2 rings (SSSR count). The minimum Gasteiger partial charge on any atom is -0.397 e. The summed E-state index contributed by atoms with van der Waals surface area (Å²) in [7, 11) is 0. The number of ether oxygens (including phenoxy) is 1. The molecule has 1 aliphatic carbocycles. The monoisotopic (exact) mass is 208 g/mol. The Morgan fingerprint density at radius 3 is 2.93 bits per heavy atom. The van der Waals surface area contributed by atoms with E-state index < -0.39 is 0 Å². The van der Waals surface area contributed by atoms with Gasteiger partial charge >= 0.3 is 0 Å². The van der Waals surface area contributed by atoms with Crippen LogP contribution in [-0.4, -0.2) is 17.3 Å². The summed E-state index contributed by atoms with van der Waals surface area (Å²) in [5.74, 6) is 0. The lowest BCUT2D eigenvalue weighted by Crippen LogP contribution is -2.24. The van der Waals surface area contributed by atoms with E-state index in [-0.39, 0.29) is 5.56 Å². The van der Waals surface area contributed by atoms with Crippen molar-refractivity contribution in [3.8, 4) is 0 Å². The molecule has 4 heteroatoms. The van der Waals surface area contributed by atoms with E-state index in [1.165, 1.54) is 6.07 Å². The van der Waals surface area contributed by atoms with Gasteiger partial charge in [-0.05, 0) is 25.8 Å². The van der Waals surface area contributed by atoms with Gasteiger partial charge in [-0.2, -0.15) is 0 Å².